The van der Waals surface area contributed by atoms with Gasteiger partial charge in [-0.05, 0) is 26.4 Å². The largest absolute Gasteiger partial charge is 0.328 e. The smallest absolute Gasteiger partial charge is 0.319 e. The zero-order valence-electron chi connectivity index (χ0n) is 9.33. The number of nitrogens with zero attached hydrogens (tertiary/aromatic N) is 1. The number of aryl methyl sites for hydroxylation is 1. The Morgan fingerprint density at radius 3 is 2.80 bits per heavy atom. The second-order valence-electron chi connectivity index (χ2n) is 3.89. The molecule has 1 aromatic heterocycles. The van der Waals surface area contributed by atoms with Crippen LogP contribution in [0.25, 0.3) is 0 Å². The summed E-state index contributed by atoms with van der Waals surface area (Å²) in [6.07, 6.45) is 1.60. The van der Waals surface area contributed by atoms with Crippen molar-refractivity contribution in [3.8, 4) is 0 Å². The molecular formula is C10H17N3O2. The Bertz CT molecular complexity index is 433. The van der Waals surface area contributed by atoms with E-state index in [9.17, 15) is 9.59 Å². The third kappa shape index (κ3) is 3.06. The highest BCUT2D eigenvalue weighted by atomic mass is 16.2. The second-order valence-corrected chi connectivity index (χ2v) is 3.89. The summed E-state index contributed by atoms with van der Waals surface area (Å²) in [5, 5.41) is 3.05. The predicted octanol–water partition coefficient (Wildman–Crippen LogP) is -0.299. The van der Waals surface area contributed by atoms with E-state index in [0.717, 1.165) is 6.54 Å². The van der Waals surface area contributed by atoms with Crippen LogP contribution >= 0.6 is 0 Å². The van der Waals surface area contributed by atoms with E-state index in [2.05, 4.69) is 10.3 Å². The monoisotopic (exact) mass is 211 g/mol. The van der Waals surface area contributed by atoms with Crippen molar-refractivity contribution < 1.29 is 0 Å². The fraction of sp³-hybridized carbons (Fsp3) is 0.600. The average Bonchev–Trinajstić information content (AvgIpc) is 2.14. The van der Waals surface area contributed by atoms with Gasteiger partial charge in [0.1, 0.15) is 0 Å². The van der Waals surface area contributed by atoms with E-state index in [-0.39, 0.29) is 11.2 Å². The summed E-state index contributed by atoms with van der Waals surface area (Å²) in [7, 11) is 1.87. The van der Waals surface area contributed by atoms with Crippen LogP contribution < -0.4 is 16.6 Å². The van der Waals surface area contributed by atoms with Crippen LogP contribution in [0.1, 0.15) is 12.5 Å². The molecule has 1 atom stereocenters. The maximum Gasteiger partial charge on any atom is 0.328 e. The molecule has 0 aromatic carbocycles. The minimum atomic E-state index is -0.339. The molecule has 15 heavy (non-hydrogen) atoms. The van der Waals surface area contributed by atoms with Crippen molar-refractivity contribution in [2.75, 3.05) is 13.6 Å². The van der Waals surface area contributed by atoms with Gasteiger partial charge in [0.2, 0.25) is 0 Å². The molecule has 1 heterocycles. The molecule has 0 radical (unpaired) electrons. The Labute approximate surface area is 88.1 Å². The van der Waals surface area contributed by atoms with Crippen molar-refractivity contribution in [2.24, 2.45) is 5.92 Å². The van der Waals surface area contributed by atoms with Crippen molar-refractivity contribution in [2.45, 2.75) is 20.4 Å². The molecule has 84 valence electrons. The molecule has 0 spiro atoms. The lowest BCUT2D eigenvalue weighted by atomic mass is 10.2. The van der Waals surface area contributed by atoms with E-state index in [1.165, 1.54) is 0 Å². The number of aromatic nitrogens is 2. The van der Waals surface area contributed by atoms with Crippen molar-refractivity contribution in [3.63, 3.8) is 0 Å². The molecule has 0 amide bonds. The first kappa shape index (κ1) is 11.7. The van der Waals surface area contributed by atoms with Gasteiger partial charge in [-0.3, -0.25) is 9.78 Å². The Balaban J connectivity index is 2.91. The summed E-state index contributed by atoms with van der Waals surface area (Å²) < 4.78 is 1.54. The van der Waals surface area contributed by atoms with Gasteiger partial charge in [0.25, 0.3) is 5.56 Å². The molecule has 5 heteroatoms. The van der Waals surface area contributed by atoms with Crippen LogP contribution in [0.2, 0.25) is 0 Å². The van der Waals surface area contributed by atoms with E-state index < -0.39 is 0 Å². The number of aromatic amines is 1. The summed E-state index contributed by atoms with van der Waals surface area (Å²) in [5.74, 6) is 0.345. The molecule has 5 nitrogen and oxygen atoms in total. The molecule has 2 N–H and O–H groups in total. The highest BCUT2D eigenvalue weighted by Crippen LogP contribution is 1.96. The lowest BCUT2D eigenvalue weighted by Gasteiger charge is -2.12. The zero-order valence-corrected chi connectivity index (χ0v) is 9.33. The maximum absolute atomic E-state index is 11.4. The van der Waals surface area contributed by atoms with Gasteiger partial charge < -0.3 is 9.88 Å². The predicted molar refractivity (Wildman–Crippen MR) is 59.2 cm³/mol. The number of nitrogens with one attached hydrogen (secondary N) is 2. The number of rotatable bonds is 4. The lowest BCUT2D eigenvalue weighted by Crippen LogP contribution is -2.33. The van der Waals surface area contributed by atoms with Crippen molar-refractivity contribution in [3.05, 3.63) is 32.6 Å². The van der Waals surface area contributed by atoms with Gasteiger partial charge in [0.05, 0.1) is 0 Å². The van der Waals surface area contributed by atoms with Crippen LogP contribution in [-0.4, -0.2) is 23.1 Å². The number of H-pyrrole nitrogens is 1. The zero-order chi connectivity index (χ0) is 11.4. The van der Waals surface area contributed by atoms with Gasteiger partial charge in [-0.15, -0.1) is 0 Å². The van der Waals surface area contributed by atoms with E-state index in [1.807, 2.05) is 14.0 Å². The Morgan fingerprint density at radius 2 is 2.20 bits per heavy atom. The Kier molecular flexibility index (Phi) is 3.85. The Hall–Kier alpha value is -1.36. The molecule has 1 unspecified atom stereocenters. The third-order valence-electron chi connectivity index (χ3n) is 2.25. The van der Waals surface area contributed by atoms with Gasteiger partial charge in [-0.25, -0.2) is 4.79 Å². The van der Waals surface area contributed by atoms with Crippen LogP contribution in [0.4, 0.5) is 0 Å². The van der Waals surface area contributed by atoms with Crippen LogP contribution in [0.15, 0.2) is 15.8 Å². The van der Waals surface area contributed by atoms with Crippen LogP contribution in [0, 0.1) is 12.8 Å². The summed E-state index contributed by atoms with van der Waals surface area (Å²) >= 11 is 0. The summed E-state index contributed by atoms with van der Waals surface area (Å²) in [4.78, 5) is 24.8. The molecular weight excluding hydrogens is 194 g/mol. The molecule has 0 aliphatic rings. The van der Waals surface area contributed by atoms with E-state index in [0.29, 0.717) is 18.0 Å². The quantitative estimate of drug-likeness (QED) is 0.718. The van der Waals surface area contributed by atoms with Crippen LogP contribution in [0.5, 0.6) is 0 Å². The third-order valence-corrected chi connectivity index (χ3v) is 2.25. The molecule has 1 rings (SSSR count). The van der Waals surface area contributed by atoms with Crippen molar-refractivity contribution in [1.29, 1.82) is 0 Å². The molecule has 0 saturated carbocycles. The molecule has 0 aliphatic carbocycles. The normalized spacial score (nSPS) is 12.7. The Morgan fingerprint density at radius 1 is 1.53 bits per heavy atom. The topological polar surface area (TPSA) is 66.9 Å². The van der Waals surface area contributed by atoms with Crippen molar-refractivity contribution >= 4 is 0 Å². The SMILES string of the molecule is CNCC(C)Cn1cc(C)c(=O)[nH]c1=O. The van der Waals surface area contributed by atoms with Crippen molar-refractivity contribution in [1.82, 2.24) is 14.9 Å². The van der Waals surface area contributed by atoms with Gasteiger partial charge >= 0.3 is 5.69 Å². The standard InChI is InChI=1S/C10H17N3O2/c1-7(4-11-3)5-13-6-8(2)9(14)12-10(13)15/h6-7,11H,4-5H2,1-3H3,(H,12,14,15). The minimum Gasteiger partial charge on any atom is -0.319 e. The molecule has 0 aliphatic heterocycles. The molecule has 0 saturated heterocycles. The molecule has 0 bridgehead atoms. The van der Waals surface area contributed by atoms with Crippen LogP contribution in [-0.2, 0) is 6.54 Å². The second kappa shape index (κ2) is 4.93. The van der Waals surface area contributed by atoms with Gasteiger partial charge in [-0.2, -0.15) is 0 Å². The lowest BCUT2D eigenvalue weighted by molar-refractivity contribution is 0.448. The van der Waals surface area contributed by atoms with E-state index in [1.54, 1.807) is 17.7 Å². The average molecular weight is 211 g/mol. The highest BCUT2D eigenvalue weighted by molar-refractivity contribution is 5.00. The first-order chi connectivity index (χ1) is 7.04. The number of hydrogen-bond acceptors (Lipinski definition) is 3. The minimum absolute atomic E-state index is 0.308. The molecule has 1 aromatic rings. The summed E-state index contributed by atoms with van der Waals surface area (Å²) in [5.41, 5.74) is -0.0858. The first-order valence-corrected chi connectivity index (χ1v) is 4.99. The fourth-order valence-electron chi connectivity index (χ4n) is 1.50. The van der Waals surface area contributed by atoms with Gasteiger partial charge in [-0.1, -0.05) is 6.92 Å². The van der Waals surface area contributed by atoms with Gasteiger partial charge in [0, 0.05) is 18.3 Å². The maximum atomic E-state index is 11.4. The van der Waals surface area contributed by atoms with E-state index >= 15 is 0 Å². The van der Waals surface area contributed by atoms with Crippen LogP contribution in [0.3, 0.4) is 0 Å². The highest BCUT2D eigenvalue weighted by Gasteiger charge is 2.05. The number of hydrogen-bond donors (Lipinski definition) is 2. The first-order valence-electron chi connectivity index (χ1n) is 4.99. The van der Waals surface area contributed by atoms with E-state index in [4.69, 9.17) is 0 Å². The summed E-state index contributed by atoms with van der Waals surface area (Å²) in [6, 6.07) is 0. The molecule has 0 fully saturated rings. The summed E-state index contributed by atoms with van der Waals surface area (Å²) in [6.45, 7) is 5.18. The fourth-order valence-corrected chi connectivity index (χ4v) is 1.50. The van der Waals surface area contributed by atoms with Gasteiger partial charge in [0.15, 0.2) is 0 Å².